The highest BCUT2D eigenvalue weighted by atomic mass is 35.5. The summed E-state index contributed by atoms with van der Waals surface area (Å²) in [6.45, 7) is 5.00. The third kappa shape index (κ3) is 4.48. The number of rotatable bonds is 6. The normalized spacial score (nSPS) is 10.8. The number of halogens is 1. The summed E-state index contributed by atoms with van der Waals surface area (Å²) in [6.07, 6.45) is 3.29. The van der Waals surface area contributed by atoms with E-state index in [0.29, 0.717) is 18.2 Å². The predicted molar refractivity (Wildman–Crippen MR) is 107 cm³/mol. The van der Waals surface area contributed by atoms with Crippen LogP contribution in [-0.2, 0) is 13.1 Å². The zero-order valence-electron chi connectivity index (χ0n) is 15.4. The quantitative estimate of drug-likeness (QED) is 0.504. The second-order valence-corrected chi connectivity index (χ2v) is 7.21. The van der Waals surface area contributed by atoms with E-state index in [9.17, 15) is 4.79 Å². The van der Waals surface area contributed by atoms with E-state index in [1.807, 2.05) is 43.0 Å². The average molecular weight is 402 g/mol. The van der Waals surface area contributed by atoms with Crippen molar-refractivity contribution >= 4 is 29.3 Å². The first-order chi connectivity index (χ1) is 13.0. The highest BCUT2D eigenvalue weighted by molar-refractivity contribution is 7.98. The third-order valence-electron chi connectivity index (χ3n) is 4.25. The standard InChI is InChI=1S/C19H20ClN5OS/c1-12-15(13(2)25(24-12)11-14-7-5-4-6-8-14)9-21-18(26)17-16(20)10-22-19(23-17)27-3/h4-8,10H,9,11H2,1-3H3,(H,21,26). The van der Waals surface area contributed by atoms with Gasteiger partial charge in [-0.3, -0.25) is 9.48 Å². The van der Waals surface area contributed by atoms with Crippen LogP contribution in [0.2, 0.25) is 5.02 Å². The van der Waals surface area contributed by atoms with Crippen LogP contribution >= 0.6 is 23.4 Å². The van der Waals surface area contributed by atoms with Gasteiger partial charge in [0.15, 0.2) is 10.9 Å². The molecule has 0 saturated carbocycles. The lowest BCUT2D eigenvalue weighted by molar-refractivity contribution is 0.0945. The Morgan fingerprint density at radius 1 is 1.26 bits per heavy atom. The maximum atomic E-state index is 12.5. The molecule has 0 atom stereocenters. The molecular weight excluding hydrogens is 382 g/mol. The highest BCUT2D eigenvalue weighted by Gasteiger charge is 2.17. The molecule has 0 aliphatic rings. The molecule has 1 N–H and O–H groups in total. The van der Waals surface area contributed by atoms with E-state index in [-0.39, 0.29) is 16.6 Å². The van der Waals surface area contributed by atoms with Gasteiger partial charge in [0.05, 0.1) is 23.5 Å². The van der Waals surface area contributed by atoms with Crippen LogP contribution in [0.1, 0.15) is 33.0 Å². The molecule has 3 rings (SSSR count). The van der Waals surface area contributed by atoms with Crippen molar-refractivity contribution in [1.29, 1.82) is 0 Å². The Kier molecular flexibility index (Phi) is 6.13. The van der Waals surface area contributed by atoms with Gasteiger partial charge < -0.3 is 5.32 Å². The van der Waals surface area contributed by atoms with E-state index in [4.69, 9.17) is 11.6 Å². The van der Waals surface area contributed by atoms with E-state index in [1.54, 1.807) is 0 Å². The fourth-order valence-electron chi connectivity index (χ4n) is 2.76. The Balaban J connectivity index is 1.74. The Morgan fingerprint density at radius 2 is 2.00 bits per heavy atom. The molecule has 3 aromatic rings. The van der Waals surface area contributed by atoms with Gasteiger partial charge in [-0.15, -0.1) is 0 Å². The fraction of sp³-hybridized carbons (Fsp3) is 0.263. The topological polar surface area (TPSA) is 72.7 Å². The summed E-state index contributed by atoms with van der Waals surface area (Å²) in [4.78, 5) is 20.8. The first-order valence-electron chi connectivity index (χ1n) is 8.41. The van der Waals surface area contributed by atoms with Gasteiger partial charge >= 0.3 is 0 Å². The molecule has 2 heterocycles. The summed E-state index contributed by atoms with van der Waals surface area (Å²) in [5.74, 6) is -0.327. The molecule has 1 aromatic carbocycles. The minimum Gasteiger partial charge on any atom is -0.346 e. The number of nitrogens with zero attached hydrogens (tertiary/aromatic N) is 4. The van der Waals surface area contributed by atoms with E-state index >= 15 is 0 Å². The number of nitrogens with one attached hydrogen (secondary N) is 1. The van der Waals surface area contributed by atoms with Crippen molar-refractivity contribution in [2.75, 3.05) is 6.26 Å². The summed E-state index contributed by atoms with van der Waals surface area (Å²) in [5.41, 5.74) is 4.27. The largest absolute Gasteiger partial charge is 0.346 e. The molecule has 0 bridgehead atoms. The number of benzene rings is 1. The van der Waals surface area contributed by atoms with Crippen LogP contribution in [0, 0.1) is 13.8 Å². The maximum absolute atomic E-state index is 12.5. The summed E-state index contributed by atoms with van der Waals surface area (Å²) >= 11 is 7.43. The van der Waals surface area contributed by atoms with Gasteiger partial charge in [0, 0.05) is 17.8 Å². The van der Waals surface area contributed by atoms with E-state index in [0.717, 1.165) is 17.0 Å². The van der Waals surface area contributed by atoms with Crippen LogP contribution in [0.25, 0.3) is 0 Å². The van der Waals surface area contributed by atoms with Gasteiger partial charge in [0.1, 0.15) is 0 Å². The summed E-state index contributed by atoms with van der Waals surface area (Å²) in [6, 6.07) is 10.1. The molecule has 0 aliphatic heterocycles. The number of hydrogen-bond donors (Lipinski definition) is 1. The highest BCUT2D eigenvalue weighted by Crippen LogP contribution is 2.18. The zero-order chi connectivity index (χ0) is 19.4. The summed E-state index contributed by atoms with van der Waals surface area (Å²) in [7, 11) is 0. The van der Waals surface area contributed by atoms with Crippen LogP contribution in [0.5, 0.6) is 0 Å². The van der Waals surface area contributed by atoms with Gasteiger partial charge in [0.25, 0.3) is 5.91 Å². The second kappa shape index (κ2) is 8.54. The summed E-state index contributed by atoms with van der Waals surface area (Å²) < 4.78 is 1.95. The van der Waals surface area contributed by atoms with Crippen molar-refractivity contribution in [3.63, 3.8) is 0 Å². The molecule has 0 radical (unpaired) electrons. The molecule has 0 unspecified atom stereocenters. The van der Waals surface area contributed by atoms with E-state index in [1.165, 1.54) is 23.5 Å². The smallest absolute Gasteiger partial charge is 0.271 e. The lowest BCUT2D eigenvalue weighted by Gasteiger charge is -2.08. The maximum Gasteiger partial charge on any atom is 0.271 e. The number of carbonyl (C=O) groups is 1. The van der Waals surface area contributed by atoms with Crippen LogP contribution in [0.3, 0.4) is 0 Å². The van der Waals surface area contributed by atoms with Crippen molar-refractivity contribution in [3.8, 4) is 0 Å². The molecule has 6 nitrogen and oxygen atoms in total. The van der Waals surface area contributed by atoms with E-state index < -0.39 is 0 Å². The lowest BCUT2D eigenvalue weighted by Crippen LogP contribution is -2.25. The van der Waals surface area contributed by atoms with Crippen molar-refractivity contribution in [3.05, 3.63) is 69.8 Å². The van der Waals surface area contributed by atoms with Crippen LogP contribution in [0.4, 0.5) is 0 Å². The number of amides is 1. The van der Waals surface area contributed by atoms with Crippen molar-refractivity contribution in [1.82, 2.24) is 25.1 Å². The molecule has 27 heavy (non-hydrogen) atoms. The Bertz CT molecular complexity index is 958. The molecular formula is C19H20ClN5OS. The van der Waals surface area contributed by atoms with Crippen LogP contribution in [0.15, 0.2) is 41.7 Å². The van der Waals surface area contributed by atoms with Gasteiger partial charge in [-0.25, -0.2) is 9.97 Å². The van der Waals surface area contributed by atoms with Gasteiger partial charge in [-0.1, -0.05) is 53.7 Å². The second-order valence-electron chi connectivity index (χ2n) is 6.03. The van der Waals surface area contributed by atoms with Gasteiger partial charge in [0.2, 0.25) is 0 Å². The Morgan fingerprint density at radius 3 is 2.70 bits per heavy atom. The molecule has 0 spiro atoms. The van der Waals surface area contributed by atoms with Crippen molar-refractivity contribution in [2.24, 2.45) is 0 Å². The molecule has 140 valence electrons. The molecule has 2 aromatic heterocycles. The first kappa shape index (κ1) is 19.4. The van der Waals surface area contributed by atoms with Crippen molar-refractivity contribution in [2.45, 2.75) is 32.1 Å². The molecule has 0 aliphatic carbocycles. The van der Waals surface area contributed by atoms with Crippen molar-refractivity contribution < 1.29 is 4.79 Å². The predicted octanol–water partition coefficient (Wildman–Crippen LogP) is 3.64. The third-order valence-corrected chi connectivity index (χ3v) is 5.09. The first-order valence-corrected chi connectivity index (χ1v) is 10.0. The number of thioether (sulfide) groups is 1. The van der Waals surface area contributed by atoms with Gasteiger partial charge in [-0.2, -0.15) is 5.10 Å². The van der Waals surface area contributed by atoms with Crippen LogP contribution < -0.4 is 5.32 Å². The minimum absolute atomic E-state index is 0.183. The number of aromatic nitrogens is 4. The van der Waals surface area contributed by atoms with Crippen LogP contribution in [-0.4, -0.2) is 31.9 Å². The minimum atomic E-state index is -0.327. The SMILES string of the molecule is CSc1ncc(Cl)c(C(=O)NCc2c(C)nn(Cc3ccccc3)c2C)n1. The molecule has 8 heteroatoms. The fourth-order valence-corrected chi connectivity index (χ4v) is 3.28. The average Bonchev–Trinajstić information content (AvgIpc) is 2.94. The van der Waals surface area contributed by atoms with E-state index in [2.05, 4.69) is 32.5 Å². The van der Waals surface area contributed by atoms with Gasteiger partial charge in [-0.05, 0) is 25.7 Å². The summed E-state index contributed by atoms with van der Waals surface area (Å²) in [5, 5.41) is 8.24. The Hall–Kier alpha value is -2.38. The molecule has 0 saturated heterocycles. The monoisotopic (exact) mass is 401 g/mol. The lowest BCUT2D eigenvalue weighted by atomic mass is 10.2. The molecule has 1 amide bonds. The zero-order valence-corrected chi connectivity index (χ0v) is 16.9. The molecule has 0 fully saturated rings. The Labute approximate surface area is 167 Å². The number of carbonyl (C=O) groups excluding carboxylic acids is 1. The number of hydrogen-bond acceptors (Lipinski definition) is 5. The number of aryl methyl sites for hydroxylation is 1.